The Balaban J connectivity index is 2.04. The van der Waals surface area contributed by atoms with E-state index in [0.29, 0.717) is 5.25 Å². The molecule has 0 amide bonds. The molecule has 1 atom stereocenters. The lowest BCUT2D eigenvalue weighted by Crippen LogP contribution is -2.20. The van der Waals surface area contributed by atoms with E-state index in [4.69, 9.17) is 0 Å². The lowest BCUT2D eigenvalue weighted by molar-refractivity contribution is 0.355. The van der Waals surface area contributed by atoms with Crippen LogP contribution in [0.4, 0.5) is 0 Å². The molecule has 14 heavy (non-hydrogen) atoms. The van der Waals surface area contributed by atoms with Gasteiger partial charge in [0.25, 0.3) is 0 Å². The Morgan fingerprint density at radius 3 is 2.79 bits per heavy atom. The smallest absolute Gasteiger partial charge is 0.0309 e. The average Bonchev–Trinajstić information content (AvgIpc) is 2.44. The summed E-state index contributed by atoms with van der Waals surface area (Å²) < 4.78 is 0. The molecule has 1 nitrogen and oxygen atoms in total. The highest BCUT2D eigenvalue weighted by Gasteiger charge is 2.16. The molecule has 1 aliphatic rings. The first kappa shape index (κ1) is 10.1. The maximum absolute atomic E-state index is 2.43. The Labute approximate surface area is 90.5 Å². The molecular weight excluding hydrogens is 190 g/mol. The van der Waals surface area contributed by atoms with Gasteiger partial charge in [0.1, 0.15) is 0 Å². The zero-order valence-corrected chi connectivity index (χ0v) is 9.46. The lowest BCUT2D eigenvalue weighted by atomic mass is 10.1. The van der Waals surface area contributed by atoms with E-state index in [9.17, 15) is 0 Å². The highest BCUT2D eigenvalue weighted by molar-refractivity contribution is 7.99. The van der Waals surface area contributed by atoms with Crippen molar-refractivity contribution >= 4 is 11.8 Å². The molecule has 76 valence electrons. The summed E-state index contributed by atoms with van der Waals surface area (Å²) in [7, 11) is 2.22. The first-order chi connectivity index (χ1) is 6.86. The van der Waals surface area contributed by atoms with Crippen molar-refractivity contribution in [1.82, 2.24) is 4.90 Å². The lowest BCUT2D eigenvalue weighted by Gasteiger charge is -2.14. The maximum Gasteiger partial charge on any atom is 0.0309 e. The van der Waals surface area contributed by atoms with Gasteiger partial charge in [-0.05, 0) is 25.6 Å². The molecule has 1 aromatic rings. The maximum atomic E-state index is 2.43. The Morgan fingerprint density at radius 1 is 1.21 bits per heavy atom. The molecule has 1 unspecified atom stereocenters. The topological polar surface area (TPSA) is 3.24 Å². The fourth-order valence-corrected chi connectivity index (χ4v) is 3.14. The zero-order chi connectivity index (χ0) is 9.80. The highest BCUT2D eigenvalue weighted by Crippen LogP contribution is 2.33. The first-order valence-corrected chi connectivity index (χ1v) is 6.26. The molecule has 2 rings (SSSR count). The number of rotatable bonds is 1. The Hall–Kier alpha value is -0.470. The van der Waals surface area contributed by atoms with E-state index < -0.39 is 0 Å². The molecule has 1 fully saturated rings. The van der Waals surface area contributed by atoms with Crippen LogP contribution in [-0.2, 0) is 0 Å². The van der Waals surface area contributed by atoms with Crippen molar-refractivity contribution in [3.05, 3.63) is 35.9 Å². The average molecular weight is 207 g/mol. The van der Waals surface area contributed by atoms with Crippen molar-refractivity contribution in [2.45, 2.75) is 11.7 Å². The fraction of sp³-hybridized carbons (Fsp3) is 0.500. The van der Waals surface area contributed by atoms with Gasteiger partial charge in [-0.15, -0.1) is 0 Å². The van der Waals surface area contributed by atoms with Crippen molar-refractivity contribution in [3.8, 4) is 0 Å². The first-order valence-electron chi connectivity index (χ1n) is 5.21. The number of nitrogens with zero attached hydrogens (tertiary/aromatic N) is 1. The molecule has 0 aromatic heterocycles. The molecule has 1 aliphatic heterocycles. The van der Waals surface area contributed by atoms with Crippen LogP contribution in [-0.4, -0.2) is 30.8 Å². The van der Waals surface area contributed by atoms with Gasteiger partial charge < -0.3 is 4.90 Å². The van der Waals surface area contributed by atoms with Crippen LogP contribution in [0.3, 0.4) is 0 Å². The SMILES string of the molecule is CN1CCSC(c2ccccc2)CC1. The second-order valence-corrected chi connectivity index (χ2v) is 5.17. The summed E-state index contributed by atoms with van der Waals surface area (Å²) in [5.41, 5.74) is 1.49. The summed E-state index contributed by atoms with van der Waals surface area (Å²) in [5.74, 6) is 1.26. The summed E-state index contributed by atoms with van der Waals surface area (Å²) in [5, 5.41) is 0.709. The van der Waals surface area contributed by atoms with Crippen LogP contribution in [0, 0.1) is 0 Å². The van der Waals surface area contributed by atoms with Crippen LogP contribution in [0.2, 0.25) is 0 Å². The van der Waals surface area contributed by atoms with Gasteiger partial charge in [-0.25, -0.2) is 0 Å². The van der Waals surface area contributed by atoms with Crippen molar-refractivity contribution in [1.29, 1.82) is 0 Å². The van der Waals surface area contributed by atoms with E-state index >= 15 is 0 Å². The largest absolute Gasteiger partial charge is 0.305 e. The van der Waals surface area contributed by atoms with Gasteiger partial charge in [-0.2, -0.15) is 11.8 Å². The van der Waals surface area contributed by atoms with Gasteiger partial charge in [-0.3, -0.25) is 0 Å². The molecule has 1 saturated heterocycles. The van der Waals surface area contributed by atoms with Crippen molar-refractivity contribution in [2.24, 2.45) is 0 Å². The monoisotopic (exact) mass is 207 g/mol. The second kappa shape index (κ2) is 4.85. The normalized spacial score (nSPS) is 24.5. The third-order valence-electron chi connectivity index (χ3n) is 2.74. The predicted molar refractivity (Wildman–Crippen MR) is 63.8 cm³/mol. The van der Waals surface area contributed by atoms with Crippen LogP contribution in [0.15, 0.2) is 30.3 Å². The van der Waals surface area contributed by atoms with Gasteiger partial charge in [0.15, 0.2) is 0 Å². The third-order valence-corrected chi connectivity index (χ3v) is 4.06. The van der Waals surface area contributed by atoms with Gasteiger partial charge in [0.2, 0.25) is 0 Å². The molecule has 1 heterocycles. The van der Waals surface area contributed by atoms with E-state index in [1.165, 1.54) is 30.8 Å². The molecule has 2 heteroatoms. The van der Waals surface area contributed by atoms with Crippen LogP contribution in [0.25, 0.3) is 0 Å². The van der Waals surface area contributed by atoms with Crippen LogP contribution >= 0.6 is 11.8 Å². The van der Waals surface area contributed by atoms with E-state index in [1.54, 1.807) is 0 Å². The number of benzene rings is 1. The number of hydrogen-bond acceptors (Lipinski definition) is 2. The molecule has 0 spiro atoms. The van der Waals surface area contributed by atoms with Crippen LogP contribution in [0.5, 0.6) is 0 Å². The van der Waals surface area contributed by atoms with E-state index in [1.807, 2.05) is 0 Å². The standard InChI is InChI=1S/C12H17NS/c1-13-8-7-12(14-10-9-13)11-5-3-2-4-6-11/h2-6,12H,7-10H2,1H3. The molecule has 0 N–H and O–H groups in total. The van der Waals surface area contributed by atoms with Crippen LogP contribution < -0.4 is 0 Å². The van der Waals surface area contributed by atoms with Gasteiger partial charge >= 0.3 is 0 Å². The summed E-state index contributed by atoms with van der Waals surface area (Å²) >= 11 is 2.10. The molecular formula is C12H17NS. The summed E-state index contributed by atoms with van der Waals surface area (Å²) in [4.78, 5) is 2.43. The summed E-state index contributed by atoms with van der Waals surface area (Å²) in [6.45, 7) is 2.46. The number of thioether (sulfide) groups is 1. The molecule has 0 radical (unpaired) electrons. The molecule has 0 aliphatic carbocycles. The van der Waals surface area contributed by atoms with Gasteiger partial charge in [-0.1, -0.05) is 30.3 Å². The summed E-state index contributed by atoms with van der Waals surface area (Å²) in [6.07, 6.45) is 1.28. The molecule has 1 aromatic carbocycles. The van der Waals surface area contributed by atoms with E-state index in [-0.39, 0.29) is 0 Å². The van der Waals surface area contributed by atoms with Crippen molar-refractivity contribution in [2.75, 3.05) is 25.9 Å². The Bertz CT molecular complexity index is 273. The molecule has 0 bridgehead atoms. The predicted octanol–water partition coefficient (Wildman–Crippen LogP) is 2.80. The minimum absolute atomic E-state index is 0.709. The minimum Gasteiger partial charge on any atom is -0.305 e. The van der Waals surface area contributed by atoms with Crippen LogP contribution in [0.1, 0.15) is 17.2 Å². The Kier molecular flexibility index (Phi) is 3.49. The Morgan fingerprint density at radius 2 is 2.00 bits per heavy atom. The summed E-state index contributed by atoms with van der Waals surface area (Å²) in [6, 6.07) is 10.9. The van der Waals surface area contributed by atoms with Crippen molar-refractivity contribution in [3.63, 3.8) is 0 Å². The second-order valence-electron chi connectivity index (χ2n) is 3.86. The quantitative estimate of drug-likeness (QED) is 0.696. The van der Waals surface area contributed by atoms with Gasteiger partial charge in [0, 0.05) is 17.5 Å². The van der Waals surface area contributed by atoms with Gasteiger partial charge in [0.05, 0.1) is 0 Å². The van der Waals surface area contributed by atoms with E-state index in [0.717, 1.165) is 0 Å². The zero-order valence-electron chi connectivity index (χ0n) is 8.65. The van der Waals surface area contributed by atoms with Crippen molar-refractivity contribution < 1.29 is 0 Å². The minimum atomic E-state index is 0.709. The third kappa shape index (κ3) is 2.52. The highest BCUT2D eigenvalue weighted by atomic mass is 32.2. The van der Waals surface area contributed by atoms with E-state index in [2.05, 4.69) is 54.0 Å². The number of hydrogen-bond donors (Lipinski definition) is 0. The molecule has 0 saturated carbocycles. The fourth-order valence-electron chi connectivity index (χ4n) is 1.81.